The smallest absolute Gasteiger partial charge is 0.271 e. The van der Waals surface area contributed by atoms with Crippen molar-refractivity contribution in [2.24, 2.45) is 0 Å². The maximum atomic E-state index is 12.6. The van der Waals surface area contributed by atoms with Crippen LogP contribution in [-0.4, -0.2) is 65.0 Å². The first-order valence-electron chi connectivity index (χ1n) is 9.30. The van der Waals surface area contributed by atoms with Crippen molar-refractivity contribution in [2.75, 3.05) is 45.2 Å². The van der Waals surface area contributed by atoms with E-state index in [0.717, 1.165) is 43.4 Å². The summed E-state index contributed by atoms with van der Waals surface area (Å²) in [6, 6.07) is 8.95. The number of H-pyrrole nitrogens is 1. The van der Waals surface area contributed by atoms with Crippen LogP contribution in [-0.2, 0) is 0 Å². The maximum absolute atomic E-state index is 12.6. The summed E-state index contributed by atoms with van der Waals surface area (Å²) in [7, 11) is 3.71. The highest BCUT2D eigenvalue weighted by Gasteiger charge is 2.18. The second kappa shape index (κ2) is 7.47. The third kappa shape index (κ3) is 3.38. The molecule has 0 radical (unpaired) electrons. The van der Waals surface area contributed by atoms with Crippen LogP contribution in [0.2, 0.25) is 0 Å². The molecule has 1 saturated heterocycles. The van der Waals surface area contributed by atoms with Crippen molar-refractivity contribution in [3.8, 4) is 22.7 Å². The summed E-state index contributed by atoms with van der Waals surface area (Å²) >= 11 is 0. The van der Waals surface area contributed by atoms with Gasteiger partial charge in [0.25, 0.3) is 5.56 Å². The van der Waals surface area contributed by atoms with Gasteiger partial charge in [0.2, 0.25) is 5.95 Å². The van der Waals surface area contributed by atoms with Crippen LogP contribution in [0.5, 0.6) is 5.75 Å². The van der Waals surface area contributed by atoms with E-state index < -0.39 is 0 Å². The zero-order valence-corrected chi connectivity index (χ0v) is 16.3. The number of hydrogen-bond donors (Lipinski definition) is 1. The highest BCUT2D eigenvalue weighted by molar-refractivity contribution is 5.62. The topological polar surface area (TPSA) is 79.3 Å². The molecule has 1 aliphatic rings. The van der Waals surface area contributed by atoms with E-state index in [-0.39, 0.29) is 5.56 Å². The highest BCUT2D eigenvalue weighted by Crippen LogP contribution is 2.24. The zero-order chi connectivity index (χ0) is 19.7. The number of benzene rings is 1. The van der Waals surface area contributed by atoms with Crippen LogP contribution in [0.4, 0.5) is 5.95 Å². The lowest BCUT2D eigenvalue weighted by Gasteiger charge is -2.32. The van der Waals surface area contributed by atoms with Gasteiger partial charge in [0.1, 0.15) is 11.4 Å². The van der Waals surface area contributed by atoms with Gasteiger partial charge in [-0.05, 0) is 26.1 Å². The number of hydrogen-bond acceptors (Lipinski definition) is 6. The average molecular weight is 380 g/mol. The van der Waals surface area contributed by atoms with Crippen molar-refractivity contribution >= 4 is 5.95 Å². The Morgan fingerprint density at radius 2 is 1.89 bits per heavy atom. The summed E-state index contributed by atoms with van der Waals surface area (Å²) < 4.78 is 6.84. The van der Waals surface area contributed by atoms with Crippen molar-refractivity contribution < 1.29 is 4.74 Å². The van der Waals surface area contributed by atoms with Crippen LogP contribution in [0.25, 0.3) is 16.9 Å². The summed E-state index contributed by atoms with van der Waals surface area (Å²) in [5.41, 5.74) is 2.82. The Kier molecular flexibility index (Phi) is 4.87. The first-order valence-corrected chi connectivity index (χ1v) is 9.30. The van der Waals surface area contributed by atoms with Gasteiger partial charge < -0.3 is 14.5 Å². The number of piperazine rings is 1. The molecule has 0 saturated carbocycles. The summed E-state index contributed by atoms with van der Waals surface area (Å²) in [6.45, 7) is 5.76. The molecule has 0 spiro atoms. The molecule has 3 heterocycles. The molecule has 0 bridgehead atoms. The molecule has 1 aromatic carbocycles. The average Bonchev–Trinajstić information content (AvgIpc) is 3.09. The SMILES string of the molecule is COc1ccccc1-n1[nH]c(-c2cnc(N3CCN(C)CC3)nc2C)cc1=O. The van der Waals surface area contributed by atoms with Crippen LogP contribution in [0, 0.1) is 6.92 Å². The van der Waals surface area contributed by atoms with E-state index in [1.807, 2.05) is 31.2 Å². The summed E-state index contributed by atoms with van der Waals surface area (Å²) in [4.78, 5) is 26.3. The number of para-hydroxylation sites is 2. The summed E-state index contributed by atoms with van der Waals surface area (Å²) in [5, 5.41) is 3.16. The normalized spacial score (nSPS) is 15.0. The van der Waals surface area contributed by atoms with Gasteiger partial charge in [-0.2, -0.15) is 0 Å². The highest BCUT2D eigenvalue weighted by atomic mass is 16.5. The first kappa shape index (κ1) is 18.2. The molecule has 0 amide bonds. The number of aromatic nitrogens is 4. The molecule has 3 aromatic rings. The van der Waals surface area contributed by atoms with Crippen LogP contribution >= 0.6 is 0 Å². The number of aromatic amines is 1. The Morgan fingerprint density at radius 3 is 2.61 bits per heavy atom. The zero-order valence-electron chi connectivity index (χ0n) is 16.3. The maximum Gasteiger partial charge on any atom is 0.271 e. The van der Waals surface area contributed by atoms with Crippen molar-refractivity contribution in [2.45, 2.75) is 6.92 Å². The number of aryl methyl sites for hydroxylation is 1. The number of ether oxygens (including phenoxy) is 1. The molecular formula is C20H24N6O2. The van der Waals surface area contributed by atoms with Crippen LogP contribution < -0.4 is 15.2 Å². The van der Waals surface area contributed by atoms with Crippen LogP contribution in [0.1, 0.15) is 5.69 Å². The van der Waals surface area contributed by atoms with Gasteiger partial charge >= 0.3 is 0 Å². The molecule has 4 rings (SSSR count). The van der Waals surface area contributed by atoms with E-state index in [2.05, 4.69) is 31.9 Å². The Bertz CT molecular complexity index is 1030. The Balaban J connectivity index is 1.66. The summed E-state index contributed by atoms with van der Waals surface area (Å²) in [5.74, 6) is 1.36. The van der Waals surface area contributed by atoms with Gasteiger partial charge in [-0.3, -0.25) is 9.89 Å². The van der Waals surface area contributed by atoms with E-state index in [1.54, 1.807) is 19.4 Å². The lowest BCUT2D eigenvalue weighted by atomic mass is 10.2. The standard InChI is InChI=1S/C20H24N6O2/c1-14-15(13-21-20(22-14)25-10-8-24(2)9-11-25)16-12-19(27)26(23-16)17-6-4-5-7-18(17)28-3/h4-7,12-13,23H,8-11H2,1-3H3. The molecule has 8 heteroatoms. The summed E-state index contributed by atoms with van der Waals surface area (Å²) in [6.07, 6.45) is 1.79. The van der Waals surface area contributed by atoms with Gasteiger partial charge in [0.05, 0.1) is 18.5 Å². The third-order valence-electron chi connectivity index (χ3n) is 5.09. The van der Waals surface area contributed by atoms with Gasteiger partial charge in [0.15, 0.2) is 0 Å². The fourth-order valence-corrected chi connectivity index (χ4v) is 3.41. The predicted molar refractivity (Wildman–Crippen MR) is 108 cm³/mol. The number of nitrogens with zero attached hydrogens (tertiary/aromatic N) is 5. The lowest BCUT2D eigenvalue weighted by molar-refractivity contribution is 0.311. The van der Waals surface area contributed by atoms with E-state index in [4.69, 9.17) is 4.74 Å². The molecule has 0 unspecified atom stereocenters. The second-order valence-electron chi connectivity index (χ2n) is 6.97. The largest absolute Gasteiger partial charge is 0.494 e. The van der Waals surface area contributed by atoms with Crippen LogP contribution in [0.15, 0.2) is 41.3 Å². The number of nitrogens with one attached hydrogen (secondary N) is 1. The molecular weight excluding hydrogens is 356 g/mol. The molecule has 0 aliphatic carbocycles. The fourth-order valence-electron chi connectivity index (χ4n) is 3.41. The number of likely N-dealkylation sites (N-methyl/N-ethyl adjacent to an activating group) is 1. The molecule has 0 atom stereocenters. The van der Waals surface area contributed by atoms with E-state index in [9.17, 15) is 4.79 Å². The minimum atomic E-state index is -0.165. The van der Waals surface area contributed by atoms with Crippen LogP contribution in [0.3, 0.4) is 0 Å². The molecule has 8 nitrogen and oxygen atoms in total. The molecule has 2 aromatic heterocycles. The van der Waals surface area contributed by atoms with Crippen molar-refractivity contribution in [3.63, 3.8) is 0 Å². The Hall–Kier alpha value is -3.13. The molecule has 1 N–H and O–H groups in total. The van der Waals surface area contributed by atoms with Crippen molar-refractivity contribution in [3.05, 3.63) is 52.6 Å². The quantitative estimate of drug-likeness (QED) is 0.742. The molecule has 1 fully saturated rings. The number of methoxy groups -OCH3 is 1. The van der Waals surface area contributed by atoms with Gasteiger partial charge in [-0.1, -0.05) is 12.1 Å². The van der Waals surface area contributed by atoms with Crippen molar-refractivity contribution in [1.82, 2.24) is 24.6 Å². The van der Waals surface area contributed by atoms with Gasteiger partial charge in [-0.15, -0.1) is 0 Å². The predicted octanol–water partition coefficient (Wildman–Crippen LogP) is 1.69. The van der Waals surface area contributed by atoms with E-state index in [0.29, 0.717) is 17.1 Å². The molecule has 28 heavy (non-hydrogen) atoms. The first-order chi connectivity index (χ1) is 13.6. The van der Waals surface area contributed by atoms with E-state index >= 15 is 0 Å². The van der Waals surface area contributed by atoms with E-state index in [1.165, 1.54) is 4.68 Å². The van der Waals surface area contributed by atoms with Crippen molar-refractivity contribution in [1.29, 1.82) is 0 Å². The lowest BCUT2D eigenvalue weighted by Crippen LogP contribution is -2.45. The molecule has 146 valence electrons. The van der Waals surface area contributed by atoms with Gasteiger partial charge in [-0.25, -0.2) is 14.6 Å². The number of rotatable bonds is 4. The monoisotopic (exact) mass is 380 g/mol. The molecule has 1 aliphatic heterocycles. The fraction of sp³-hybridized carbons (Fsp3) is 0.350. The number of anilines is 1. The minimum absolute atomic E-state index is 0.165. The minimum Gasteiger partial charge on any atom is -0.494 e. The Labute approximate surface area is 163 Å². The second-order valence-corrected chi connectivity index (χ2v) is 6.97. The third-order valence-corrected chi connectivity index (χ3v) is 5.09. The Morgan fingerprint density at radius 1 is 1.14 bits per heavy atom. The van der Waals surface area contributed by atoms with Gasteiger partial charge in [0, 0.05) is 44.0 Å².